The third-order valence-electron chi connectivity index (χ3n) is 5.45. The molecule has 0 fully saturated rings. The molecule has 0 aromatic heterocycles. The molecule has 0 heterocycles. The molecule has 0 spiro atoms. The molecule has 156 valence electrons. The van der Waals surface area contributed by atoms with E-state index in [2.05, 4.69) is 77.9 Å². The topological polar surface area (TPSA) is 24.7 Å². The molecule has 2 aromatic rings. The van der Waals surface area contributed by atoms with Gasteiger partial charge in [-0.2, -0.15) is 0 Å². The van der Waals surface area contributed by atoms with Crippen LogP contribution in [0.1, 0.15) is 89.5 Å². The van der Waals surface area contributed by atoms with Gasteiger partial charge in [0, 0.05) is 17.8 Å². The largest absolute Gasteiger partial charge is 0.258 e. The lowest BCUT2D eigenvalue weighted by Crippen LogP contribution is -1.99. The molecule has 0 bridgehead atoms. The molecule has 0 atom stereocenters. The quantitative estimate of drug-likeness (QED) is 0.365. The lowest BCUT2D eigenvalue weighted by Gasteiger charge is -2.15. The maximum atomic E-state index is 5.04. The monoisotopic (exact) mass is 390 g/mol. The predicted octanol–water partition coefficient (Wildman–Crippen LogP) is 8.19. The summed E-state index contributed by atoms with van der Waals surface area (Å²) in [5.41, 5.74) is 10.1. The van der Waals surface area contributed by atoms with Gasteiger partial charge >= 0.3 is 0 Å². The molecular weight excluding hydrogens is 352 g/mol. The summed E-state index contributed by atoms with van der Waals surface area (Å²) < 4.78 is 0. The minimum atomic E-state index is 0.876. The highest BCUT2D eigenvalue weighted by Gasteiger charge is 2.13. The smallest absolute Gasteiger partial charge is 0.0696 e. The van der Waals surface area contributed by atoms with Crippen molar-refractivity contribution in [1.29, 1.82) is 0 Å². The van der Waals surface area contributed by atoms with Gasteiger partial charge < -0.3 is 0 Å². The zero-order chi connectivity index (χ0) is 21.2. The van der Waals surface area contributed by atoms with E-state index >= 15 is 0 Å². The lowest BCUT2D eigenvalue weighted by molar-refractivity contribution is 0.913. The summed E-state index contributed by atoms with van der Waals surface area (Å²) in [4.78, 5) is 10.1. The van der Waals surface area contributed by atoms with E-state index in [0.717, 1.165) is 44.9 Å². The van der Waals surface area contributed by atoms with E-state index in [1.54, 1.807) is 0 Å². The first-order valence-electron chi connectivity index (χ1n) is 11.3. The number of aliphatic imine (C=N–C) groups is 2. The summed E-state index contributed by atoms with van der Waals surface area (Å²) in [6.07, 6.45) is 7.25. The van der Waals surface area contributed by atoms with Crippen LogP contribution in [0.2, 0.25) is 0 Å². The van der Waals surface area contributed by atoms with Crippen LogP contribution in [-0.4, -0.2) is 11.4 Å². The van der Waals surface area contributed by atoms with Crippen molar-refractivity contribution in [3.8, 4) is 0 Å². The second-order valence-electron chi connectivity index (χ2n) is 7.93. The van der Waals surface area contributed by atoms with Crippen LogP contribution in [0.4, 0.5) is 11.4 Å². The second-order valence-corrected chi connectivity index (χ2v) is 7.93. The molecule has 2 heteroatoms. The molecule has 29 heavy (non-hydrogen) atoms. The molecule has 0 N–H and O–H groups in total. The number of rotatable bonds is 10. The van der Waals surface area contributed by atoms with Gasteiger partial charge in [0.15, 0.2) is 0 Å². The van der Waals surface area contributed by atoms with Crippen molar-refractivity contribution >= 4 is 22.8 Å². The van der Waals surface area contributed by atoms with E-state index in [-0.39, 0.29) is 0 Å². The average molecular weight is 391 g/mol. The van der Waals surface area contributed by atoms with Crippen LogP contribution < -0.4 is 0 Å². The van der Waals surface area contributed by atoms with Gasteiger partial charge in [0.1, 0.15) is 0 Å². The fourth-order valence-electron chi connectivity index (χ4n) is 3.55. The molecule has 0 aliphatic heterocycles. The van der Waals surface area contributed by atoms with Crippen LogP contribution >= 0.6 is 0 Å². The molecule has 2 nitrogen and oxygen atoms in total. The summed E-state index contributed by atoms with van der Waals surface area (Å²) in [7, 11) is 0. The molecule has 0 saturated carbocycles. The highest BCUT2D eigenvalue weighted by Crippen LogP contribution is 2.33. The van der Waals surface area contributed by atoms with Crippen LogP contribution in [0.25, 0.3) is 0 Å². The van der Waals surface area contributed by atoms with E-state index in [9.17, 15) is 0 Å². The van der Waals surface area contributed by atoms with Crippen molar-refractivity contribution in [2.24, 2.45) is 9.98 Å². The van der Waals surface area contributed by atoms with E-state index in [4.69, 9.17) is 9.98 Å². The Morgan fingerprint density at radius 3 is 1.34 bits per heavy atom. The summed E-state index contributed by atoms with van der Waals surface area (Å²) in [6, 6.07) is 13.3. The zero-order valence-electron chi connectivity index (χ0n) is 19.3. The Morgan fingerprint density at radius 2 is 1.00 bits per heavy atom. The Labute approximate surface area is 178 Å². The minimum Gasteiger partial charge on any atom is -0.258 e. The first-order chi connectivity index (χ1) is 14.0. The highest BCUT2D eigenvalue weighted by molar-refractivity contribution is 5.86. The van der Waals surface area contributed by atoms with Gasteiger partial charge in [-0.15, -0.1) is 0 Å². The van der Waals surface area contributed by atoms with E-state index < -0.39 is 0 Å². The fraction of sp³-hybridized carbons (Fsp3) is 0.481. The van der Waals surface area contributed by atoms with Crippen molar-refractivity contribution in [2.45, 2.75) is 86.5 Å². The fourth-order valence-corrected chi connectivity index (χ4v) is 3.55. The van der Waals surface area contributed by atoms with Gasteiger partial charge in [0.05, 0.1) is 11.4 Å². The summed E-state index contributed by atoms with van der Waals surface area (Å²) in [6.45, 7) is 13.1. The van der Waals surface area contributed by atoms with Crippen molar-refractivity contribution in [3.05, 3.63) is 58.7 Å². The lowest BCUT2D eigenvalue weighted by atomic mass is 9.94. The van der Waals surface area contributed by atoms with Crippen LogP contribution in [0, 0.1) is 0 Å². The third kappa shape index (κ3) is 6.39. The Kier molecular flexibility index (Phi) is 9.31. The Hall–Kier alpha value is -2.22. The normalized spacial score (nSPS) is 12.5. The maximum absolute atomic E-state index is 5.04. The van der Waals surface area contributed by atoms with Crippen molar-refractivity contribution < 1.29 is 0 Å². The molecule has 2 rings (SSSR count). The number of benzene rings is 2. The number of nitrogens with zero attached hydrogens (tertiary/aromatic N) is 2. The zero-order valence-corrected chi connectivity index (χ0v) is 19.3. The van der Waals surface area contributed by atoms with Crippen LogP contribution in [0.5, 0.6) is 0 Å². The molecule has 0 aliphatic rings. The van der Waals surface area contributed by atoms with Gasteiger partial charge in [0.25, 0.3) is 0 Å². The predicted molar refractivity (Wildman–Crippen MR) is 130 cm³/mol. The summed E-state index contributed by atoms with van der Waals surface area (Å²) in [5, 5.41) is 0. The van der Waals surface area contributed by atoms with E-state index in [1.807, 2.05) is 0 Å². The number of para-hydroxylation sites is 2. The van der Waals surface area contributed by atoms with Gasteiger partial charge in [-0.25, -0.2) is 0 Å². The van der Waals surface area contributed by atoms with E-state index in [0.29, 0.717) is 0 Å². The average Bonchev–Trinajstić information content (AvgIpc) is 2.72. The Morgan fingerprint density at radius 1 is 0.621 bits per heavy atom. The highest BCUT2D eigenvalue weighted by atomic mass is 14.8. The molecule has 0 unspecified atom stereocenters. The van der Waals surface area contributed by atoms with Crippen LogP contribution in [0.3, 0.4) is 0 Å². The molecule has 0 saturated heterocycles. The Balaban J connectivity index is 2.59. The van der Waals surface area contributed by atoms with Gasteiger partial charge in [0.2, 0.25) is 0 Å². The number of aryl methyl sites for hydroxylation is 2. The first-order valence-corrected chi connectivity index (χ1v) is 11.3. The molecule has 0 radical (unpaired) electrons. The summed E-state index contributed by atoms with van der Waals surface area (Å²) in [5.74, 6) is 0. The maximum Gasteiger partial charge on any atom is 0.0696 e. The first kappa shape index (κ1) is 23.1. The molecule has 2 aromatic carbocycles. The SMILES string of the molecule is CCCc1cccc(Cc2cccc(CCC)c2N=C(C)CC)c1N=C(C)CC. The van der Waals surface area contributed by atoms with Crippen molar-refractivity contribution in [2.75, 3.05) is 0 Å². The standard InChI is InChI=1S/C27H38N2/c1-7-13-22-15-11-17-24(26(22)28-20(5)9-3)19-25-18-12-16-23(14-8-2)27(25)29-21(6)10-4/h11-12,15-18H,7-10,13-14,19H2,1-6H3. The van der Waals surface area contributed by atoms with Gasteiger partial charge in [-0.1, -0.05) is 76.9 Å². The Bertz CT molecular complexity index is 787. The van der Waals surface area contributed by atoms with E-state index in [1.165, 1.54) is 45.1 Å². The molecular formula is C27H38N2. The van der Waals surface area contributed by atoms with Crippen molar-refractivity contribution in [3.63, 3.8) is 0 Å². The molecule has 0 amide bonds. The summed E-state index contributed by atoms with van der Waals surface area (Å²) >= 11 is 0. The van der Waals surface area contributed by atoms with Crippen LogP contribution in [0.15, 0.2) is 46.4 Å². The minimum absolute atomic E-state index is 0.876. The van der Waals surface area contributed by atoms with Crippen LogP contribution in [-0.2, 0) is 19.3 Å². The number of hydrogen-bond acceptors (Lipinski definition) is 2. The van der Waals surface area contributed by atoms with Crippen molar-refractivity contribution in [1.82, 2.24) is 0 Å². The molecule has 0 aliphatic carbocycles. The number of hydrogen-bond donors (Lipinski definition) is 0. The van der Waals surface area contributed by atoms with Gasteiger partial charge in [-0.3, -0.25) is 9.98 Å². The second kappa shape index (κ2) is 11.7. The van der Waals surface area contributed by atoms with Gasteiger partial charge in [-0.05, 0) is 61.8 Å². The third-order valence-corrected chi connectivity index (χ3v) is 5.45.